The van der Waals surface area contributed by atoms with Gasteiger partial charge in [0.05, 0.1) is 17.8 Å². The molecule has 4 aromatic rings. The molecule has 2 aromatic heterocycles. The van der Waals surface area contributed by atoms with Gasteiger partial charge in [0.25, 0.3) is 0 Å². The molecule has 1 aliphatic heterocycles. The Balaban J connectivity index is 1.50. The van der Waals surface area contributed by atoms with Crippen molar-refractivity contribution in [3.05, 3.63) is 113 Å². The Kier molecular flexibility index (Phi) is 7.29. The third-order valence-corrected chi connectivity index (χ3v) is 7.58. The molecule has 0 aliphatic carbocycles. The molecule has 2 aromatic carbocycles. The van der Waals surface area contributed by atoms with Crippen LogP contribution in [0.3, 0.4) is 0 Å². The molecule has 0 spiro atoms. The van der Waals surface area contributed by atoms with Gasteiger partial charge in [-0.15, -0.1) is 0 Å². The van der Waals surface area contributed by atoms with Gasteiger partial charge in [0, 0.05) is 41.9 Å². The van der Waals surface area contributed by atoms with E-state index in [1.54, 1.807) is 0 Å². The van der Waals surface area contributed by atoms with Crippen LogP contribution in [0.5, 0.6) is 0 Å². The van der Waals surface area contributed by atoms with E-state index in [9.17, 15) is 4.79 Å². The van der Waals surface area contributed by atoms with Crippen molar-refractivity contribution >= 4 is 28.9 Å². The van der Waals surface area contributed by atoms with Gasteiger partial charge in [0.1, 0.15) is 0 Å². The Morgan fingerprint density at radius 2 is 1.76 bits per heavy atom. The Hall–Kier alpha value is -3.97. The van der Waals surface area contributed by atoms with Crippen molar-refractivity contribution in [1.29, 1.82) is 0 Å². The number of carbonyl (C=O) groups excluding carboxylic acids is 1. The lowest BCUT2D eigenvalue weighted by Gasteiger charge is -2.28. The average Bonchev–Trinajstić information content (AvgIpc) is 3.39. The summed E-state index contributed by atoms with van der Waals surface area (Å²) in [6, 6.07) is 24.1. The first-order chi connectivity index (χ1) is 18.3. The van der Waals surface area contributed by atoms with Crippen molar-refractivity contribution < 1.29 is 4.79 Å². The molecule has 2 unspecified atom stereocenters. The molecule has 0 saturated carbocycles. The maximum absolute atomic E-state index is 12.8. The first-order valence-electron chi connectivity index (χ1n) is 12.9. The Bertz CT molecular complexity index is 1460. The van der Waals surface area contributed by atoms with Crippen LogP contribution in [0.1, 0.15) is 52.3 Å². The summed E-state index contributed by atoms with van der Waals surface area (Å²) in [5, 5.41) is 7.14. The summed E-state index contributed by atoms with van der Waals surface area (Å²) in [6.45, 7) is 9.07. The number of para-hydroxylation sites is 1. The molecule has 1 fully saturated rings. The van der Waals surface area contributed by atoms with Gasteiger partial charge in [0.2, 0.25) is 5.91 Å². The highest BCUT2D eigenvalue weighted by molar-refractivity contribution is 7.80. The first-order valence-corrected chi connectivity index (χ1v) is 13.3. The molecule has 3 heterocycles. The molecule has 5 rings (SSSR count). The minimum absolute atomic E-state index is 0.0418. The zero-order valence-electron chi connectivity index (χ0n) is 22.2. The fraction of sp³-hybridized carbons (Fsp3) is 0.258. The zero-order chi connectivity index (χ0) is 26.8. The van der Waals surface area contributed by atoms with E-state index in [0.717, 1.165) is 22.8 Å². The third kappa shape index (κ3) is 5.07. The minimum Gasteiger partial charge on any atom is -0.352 e. The number of anilines is 1. The van der Waals surface area contributed by atoms with Crippen LogP contribution >= 0.6 is 12.2 Å². The van der Waals surface area contributed by atoms with E-state index in [1.165, 1.54) is 22.4 Å². The number of aromatic nitrogens is 2. The molecule has 194 valence electrons. The van der Waals surface area contributed by atoms with Crippen LogP contribution in [-0.2, 0) is 4.79 Å². The van der Waals surface area contributed by atoms with E-state index in [4.69, 9.17) is 12.2 Å². The second-order valence-electron chi connectivity index (χ2n) is 9.94. The van der Waals surface area contributed by atoms with Crippen molar-refractivity contribution in [2.45, 2.75) is 46.2 Å². The summed E-state index contributed by atoms with van der Waals surface area (Å²) in [7, 11) is 0. The van der Waals surface area contributed by atoms with Crippen LogP contribution in [-0.4, -0.2) is 32.0 Å². The van der Waals surface area contributed by atoms with Crippen LogP contribution in [0, 0.1) is 27.7 Å². The number of hydrogen-bond acceptors (Lipinski definition) is 3. The van der Waals surface area contributed by atoms with Gasteiger partial charge in [-0.2, -0.15) is 0 Å². The second-order valence-corrected chi connectivity index (χ2v) is 10.3. The summed E-state index contributed by atoms with van der Waals surface area (Å²) in [4.78, 5) is 19.6. The van der Waals surface area contributed by atoms with Crippen LogP contribution in [0.2, 0.25) is 0 Å². The molecule has 0 bridgehead atoms. The van der Waals surface area contributed by atoms with E-state index < -0.39 is 0 Å². The van der Waals surface area contributed by atoms with E-state index in [0.29, 0.717) is 18.1 Å². The predicted octanol–water partition coefficient (Wildman–Crippen LogP) is 6.11. The van der Waals surface area contributed by atoms with Crippen LogP contribution in [0.15, 0.2) is 79.0 Å². The minimum atomic E-state index is -0.131. The van der Waals surface area contributed by atoms with E-state index in [1.807, 2.05) is 54.7 Å². The fourth-order valence-electron chi connectivity index (χ4n) is 5.37. The van der Waals surface area contributed by atoms with Gasteiger partial charge in [0.15, 0.2) is 5.11 Å². The number of pyridine rings is 1. The van der Waals surface area contributed by atoms with Gasteiger partial charge < -0.3 is 20.1 Å². The highest BCUT2D eigenvalue weighted by Crippen LogP contribution is 2.41. The van der Waals surface area contributed by atoms with E-state index in [-0.39, 0.29) is 18.0 Å². The lowest BCUT2D eigenvalue weighted by molar-refractivity contribution is -0.116. The number of amides is 1. The quantitative estimate of drug-likeness (QED) is 0.286. The van der Waals surface area contributed by atoms with Gasteiger partial charge in [-0.05, 0) is 93.0 Å². The number of carbonyl (C=O) groups is 1. The molecule has 6 nitrogen and oxygen atoms in total. The maximum Gasteiger partial charge on any atom is 0.226 e. The van der Waals surface area contributed by atoms with Crippen LogP contribution in [0.25, 0.3) is 5.69 Å². The summed E-state index contributed by atoms with van der Waals surface area (Å²) in [5.74, 6) is -0.0418. The SMILES string of the molecule is Cc1ccc(C)c(-n2c(C)cc(C3C(c4ccccn4)NC(=S)N3CCC(=O)Nc3ccccc3)c2C)c1. The van der Waals surface area contributed by atoms with Gasteiger partial charge in [-0.1, -0.05) is 36.4 Å². The molecule has 1 saturated heterocycles. The van der Waals surface area contributed by atoms with E-state index in [2.05, 4.69) is 77.0 Å². The second kappa shape index (κ2) is 10.8. The van der Waals surface area contributed by atoms with Gasteiger partial charge >= 0.3 is 0 Å². The molecule has 2 atom stereocenters. The molecular formula is C31H33N5OS. The Labute approximate surface area is 229 Å². The number of benzene rings is 2. The van der Waals surface area contributed by atoms with Gasteiger partial charge in [-0.3, -0.25) is 9.78 Å². The van der Waals surface area contributed by atoms with Crippen LogP contribution < -0.4 is 10.6 Å². The zero-order valence-corrected chi connectivity index (χ0v) is 23.0. The number of nitrogens with one attached hydrogen (secondary N) is 2. The third-order valence-electron chi connectivity index (χ3n) is 7.23. The summed E-state index contributed by atoms with van der Waals surface area (Å²) in [6.07, 6.45) is 2.13. The summed E-state index contributed by atoms with van der Waals surface area (Å²) in [5.41, 5.74) is 8.84. The number of hydrogen-bond donors (Lipinski definition) is 2. The summed E-state index contributed by atoms with van der Waals surface area (Å²) >= 11 is 5.84. The number of thiocarbonyl (C=S) groups is 1. The van der Waals surface area contributed by atoms with Crippen molar-refractivity contribution in [3.8, 4) is 5.69 Å². The normalized spacial score (nSPS) is 16.9. The van der Waals surface area contributed by atoms with Crippen molar-refractivity contribution in [1.82, 2.24) is 19.8 Å². The van der Waals surface area contributed by atoms with Crippen molar-refractivity contribution in [2.24, 2.45) is 0 Å². The highest BCUT2D eigenvalue weighted by Gasteiger charge is 2.41. The van der Waals surface area contributed by atoms with Crippen LogP contribution in [0.4, 0.5) is 5.69 Å². The maximum atomic E-state index is 12.8. The van der Waals surface area contributed by atoms with Crippen molar-refractivity contribution in [2.75, 3.05) is 11.9 Å². The highest BCUT2D eigenvalue weighted by atomic mass is 32.1. The molecular weight excluding hydrogens is 490 g/mol. The summed E-state index contributed by atoms with van der Waals surface area (Å²) < 4.78 is 2.33. The Morgan fingerprint density at radius 3 is 2.50 bits per heavy atom. The molecule has 1 amide bonds. The largest absolute Gasteiger partial charge is 0.352 e. The average molecular weight is 524 g/mol. The van der Waals surface area contributed by atoms with E-state index >= 15 is 0 Å². The lowest BCUT2D eigenvalue weighted by Crippen LogP contribution is -2.32. The fourth-order valence-corrected chi connectivity index (χ4v) is 5.70. The predicted molar refractivity (Wildman–Crippen MR) is 157 cm³/mol. The number of rotatable bonds is 7. The first kappa shape index (κ1) is 25.7. The smallest absolute Gasteiger partial charge is 0.226 e. The monoisotopic (exact) mass is 523 g/mol. The molecule has 1 aliphatic rings. The Morgan fingerprint density at radius 1 is 1.00 bits per heavy atom. The molecule has 7 heteroatoms. The number of aryl methyl sites for hydroxylation is 3. The molecule has 38 heavy (non-hydrogen) atoms. The standard InChI is InChI=1S/C31H33N5OS/c1-20-13-14-21(2)27(18-20)36-22(3)19-25(23(36)4)30-29(26-12-8-9-16-32-26)34-31(38)35(30)17-15-28(37)33-24-10-6-5-7-11-24/h5-14,16,18-19,29-30H,15,17H2,1-4H3,(H,33,37)(H,34,38). The number of nitrogens with zero attached hydrogens (tertiary/aromatic N) is 3. The topological polar surface area (TPSA) is 62.2 Å². The molecule has 2 N–H and O–H groups in total. The lowest BCUT2D eigenvalue weighted by atomic mass is 9.96. The van der Waals surface area contributed by atoms with Gasteiger partial charge in [-0.25, -0.2) is 0 Å². The molecule has 0 radical (unpaired) electrons. The van der Waals surface area contributed by atoms with Crippen molar-refractivity contribution in [3.63, 3.8) is 0 Å².